The molecule has 0 aliphatic rings. The average molecular weight is 145 g/mol. The van der Waals surface area contributed by atoms with Crippen LogP contribution >= 0.6 is 0 Å². The van der Waals surface area contributed by atoms with E-state index in [1.165, 1.54) is 0 Å². The number of amides is 1. The van der Waals surface area contributed by atoms with Crippen molar-refractivity contribution in [2.24, 2.45) is 0 Å². The maximum atomic E-state index is 10.7. The van der Waals surface area contributed by atoms with Gasteiger partial charge in [0.25, 0.3) is 0 Å². The van der Waals surface area contributed by atoms with E-state index in [0.717, 1.165) is 6.42 Å². The molecule has 2 N–H and O–H groups in total. The quantitative estimate of drug-likeness (QED) is 0.597. The molecule has 0 aromatic heterocycles. The minimum Gasteiger partial charge on any atom is -0.396 e. The van der Waals surface area contributed by atoms with Gasteiger partial charge in [0, 0.05) is 12.5 Å². The molecular formula is C7H15NO2. The standard InChI is InChI=1S/C7H15NO2/c1-3-6(2)8-7(10)4-5-9/h6,9H,3-5H2,1-2H3,(H,8,10). The number of nitrogens with one attached hydrogen (secondary N) is 1. The van der Waals surface area contributed by atoms with Gasteiger partial charge in [-0.3, -0.25) is 4.79 Å². The second-order valence-electron chi connectivity index (χ2n) is 2.35. The molecule has 0 radical (unpaired) electrons. The van der Waals surface area contributed by atoms with E-state index >= 15 is 0 Å². The maximum Gasteiger partial charge on any atom is 0.222 e. The number of rotatable bonds is 4. The van der Waals surface area contributed by atoms with Crippen LogP contribution in [0.5, 0.6) is 0 Å². The Bertz CT molecular complexity index is 104. The molecule has 3 nitrogen and oxygen atoms in total. The summed E-state index contributed by atoms with van der Waals surface area (Å²) >= 11 is 0. The molecule has 0 heterocycles. The summed E-state index contributed by atoms with van der Waals surface area (Å²) in [5.74, 6) is -0.0724. The molecule has 0 bridgehead atoms. The van der Waals surface area contributed by atoms with E-state index in [-0.39, 0.29) is 25.0 Å². The average Bonchev–Trinajstić information content (AvgIpc) is 1.88. The normalized spacial score (nSPS) is 12.7. The van der Waals surface area contributed by atoms with Crippen LogP contribution in [0.3, 0.4) is 0 Å². The van der Waals surface area contributed by atoms with E-state index in [2.05, 4.69) is 5.32 Å². The molecule has 0 saturated carbocycles. The van der Waals surface area contributed by atoms with Crippen LogP contribution in [0.25, 0.3) is 0 Å². The smallest absolute Gasteiger partial charge is 0.222 e. The summed E-state index contributed by atoms with van der Waals surface area (Å²) in [6.07, 6.45) is 1.14. The van der Waals surface area contributed by atoms with E-state index < -0.39 is 0 Å². The molecule has 1 unspecified atom stereocenters. The lowest BCUT2D eigenvalue weighted by atomic mass is 10.2. The Labute approximate surface area is 61.4 Å². The second kappa shape index (κ2) is 5.23. The summed E-state index contributed by atoms with van der Waals surface area (Å²) in [4.78, 5) is 10.7. The van der Waals surface area contributed by atoms with Gasteiger partial charge in [-0.05, 0) is 13.3 Å². The van der Waals surface area contributed by atoms with Crippen LogP contribution in [-0.4, -0.2) is 23.7 Å². The van der Waals surface area contributed by atoms with Gasteiger partial charge in [-0.1, -0.05) is 6.92 Å². The van der Waals surface area contributed by atoms with Gasteiger partial charge in [0.1, 0.15) is 0 Å². The highest BCUT2D eigenvalue weighted by molar-refractivity contribution is 5.76. The summed E-state index contributed by atoms with van der Waals surface area (Å²) in [5.41, 5.74) is 0. The molecule has 60 valence electrons. The fourth-order valence-corrected chi connectivity index (χ4v) is 0.551. The third kappa shape index (κ3) is 4.32. The molecule has 1 atom stereocenters. The van der Waals surface area contributed by atoms with Crippen molar-refractivity contribution in [2.75, 3.05) is 6.61 Å². The third-order valence-electron chi connectivity index (χ3n) is 1.36. The van der Waals surface area contributed by atoms with Gasteiger partial charge in [-0.25, -0.2) is 0 Å². The van der Waals surface area contributed by atoms with Crippen LogP contribution in [0.1, 0.15) is 26.7 Å². The van der Waals surface area contributed by atoms with Crippen LogP contribution < -0.4 is 5.32 Å². The molecule has 3 heteroatoms. The highest BCUT2D eigenvalue weighted by Gasteiger charge is 2.02. The van der Waals surface area contributed by atoms with E-state index in [0.29, 0.717) is 0 Å². The first kappa shape index (κ1) is 9.43. The van der Waals surface area contributed by atoms with Crippen molar-refractivity contribution < 1.29 is 9.90 Å². The van der Waals surface area contributed by atoms with Crippen molar-refractivity contribution in [3.05, 3.63) is 0 Å². The zero-order valence-electron chi connectivity index (χ0n) is 6.55. The Morgan fingerprint density at radius 2 is 2.30 bits per heavy atom. The number of carbonyl (C=O) groups excluding carboxylic acids is 1. The zero-order valence-corrected chi connectivity index (χ0v) is 6.55. The number of carbonyl (C=O) groups is 1. The van der Waals surface area contributed by atoms with Crippen LogP contribution in [-0.2, 0) is 4.79 Å². The lowest BCUT2D eigenvalue weighted by Gasteiger charge is -2.09. The summed E-state index contributed by atoms with van der Waals surface area (Å²) in [5, 5.41) is 11.1. The van der Waals surface area contributed by atoms with E-state index in [1.807, 2.05) is 13.8 Å². The summed E-state index contributed by atoms with van der Waals surface area (Å²) in [7, 11) is 0. The van der Waals surface area contributed by atoms with E-state index in [4.69, 9.17) is 5.11 Å². The summed E-state index contributed by atoms with van der Waals surface area (Å²) < 4.78 is 0. The van der Waals surface area contributed by atoms with Gasteiger partial charge in [0.2, 0.25) is 5.91 Å². The van der Waals surface area contributed by atoms with Crippen molar-refractivity contribution in [3.8, 4) is 0 Å². The first-order chi connectivity index (χ1) is 4.70. The Balaban J connectivity index is 3.37. The molecule has 0 aliphatic heterocycles. The van der Waals surface area contributed by atoms with Crippen LogP contribution in [0, 0.1) is 0 Å². The Morgan fingerprint density at radius 1 is 1.70 bits per heavy atom. The predicted octanol–water partition coefficient (Wildman–Crippen LogP) is 0.283. The van der Waals surface area contributed by atoms with E-state index in [9.17, 15) is 4.79 Å². The first-order valence-corrected chi connectivity index (χ1v) is 3.61. The molecule has 0 aliphatic carbocycles. The van der Waals surface area contributed by atoms with Gasteiger partial charge >= 0.3 is 0 Å². The lowest BCUT2D eigenvalue weighted by Crippen LogP contribution is -2.32. The Hall–Kier alpha value is -0.570. The molecule has 0 spiro atoms. The molecule has 0 saturated heterocycles. The highest BCUT2D eigenvalue weighted by Crippen LogP contribution is 1.88. The lowest BCUT2D eigenvalue weighted by molar-refractivity contribution is -0.122. The highest BCUT2D eigenvalue weighted by atomic mass is 16.3. The number of hydrogen-bond acceptors (Lipinski definition) is 2. The molecule has 0 aromatic carbocycles. The van der Waals surface area contributed by atoms with Gasteiger partial charge in [-0.2, -0.15) is 0 Å². The SMILES string of the molecule is CCC(C)NC(=O)CCO. The van der Waals surface area contributed by atoms with Gasteiger partial charge in [0.05, 0.1) is 6.61 Å². The first-order valence-electron chi connectivity index (χ1n) is 3.61. The molecule has 1 amide bonds. The Kier molecular flexibility index (Phi) is 4.94. The van der Waals surface area contributed by atoms with Crippen LogP contribution in [0.15, 0.2) is 0 Å². The fourth-order valence-electron chi connectivity index (χ4n) is 0.551. The van der Waals surface area contributed by atoms with Gasteiger partial charge in [-0.15, -0.1) is 0 Å². The van der Waals surface area contributed by atoms with Crippen molar-refractivity contribution in [2.45, 2.75) is 32.7 Å². The second-order valence-corrected chi connectivity index (χ2v) is 2.35. The maximum absolute atomic E-state index is 10.7. The van der Waals surface area contributed by atoms with Crippen molar-refractivity contribution in [1.82, 2.24) is 5.32 Å². The number of aliphatic hydroxyl groups excluding tert-OH is 1. The van der Waals surface area contributed by atoms with Crippen molar-refractivity contribution in [3.63, 3.8) is 0 Å². The van der Waals surface area contributed by atoms with Crippen LogP contribution in [0.2, 0.25) is 0 Å². The fraction of sp³-hybridized carbons (Fsp3) is 0.857. The van der Waals surface area contributed by atoms with Crippen molar-refractivity contribution >= 4 is 5.91 Å². The largest absolute Gasteiger partial charge is 0.396 e. The molecular weight excluding hydrogens is 130 g/mol. The third-order valence-corrected chi connectivity index (χ3v) is 1.36. The predicted molar refractivity (Wildman–Crippen MR) is 39.6 cm³/mol. The minimum atomic E-state index is -0.0724. The molecule has 0 rings (SSSR count). The van der Waals surface area contributed by atoms with Crippen LogP contribution in [0.4, 0.5) is 0 Å². The Morgan fingerprint density at radius 3 is 2.70 bits per heavy atom. The number of hydrogen-bond donors (Lipinski definition) is 2. The van der Waals surface area contributed by atoms with Crippen molar-refractivity contribution in [1.29, 1.82) is 0 Å². The van der Waals surface area contributed by atoms with Gasteiger partial charge < -0.3 is 10.4 Å². The summed E-state index contributed by atoms with van der Waals surface area (Å²) in [6.45, 7) is 3.88. The number of aliphatic hydroxyl groups is 1. The topological polar surface area (TPSA) is 49.3 Å². The van der Waals surface area contributed by atoms with Gasteiger partial charge in [0.15, 0.2) is 0 Å². The minimum absolute atomic E-state index is 0.0672. The molecule has 10 heavy (non-hydrogen) atoms. The monoisotopic (exact) mass is 145 g/mol. The summed E-state index contributed by atoms with van der Waals surface area (Å²) in [6, 6.07) is 0.221. The molecule has 0 fully saturated rings. The zero-order chi connectivity index (χ0) is 7.98. The van der Waals surface area contributed by atoms with E-state index in [1.54, 1.807) is 0 Å². The molecule has 0 aromatic rings.